The van der Waals surface area contributed by atoms with E-state index < -0.39 is 74.1 Å². The van der Waals surface area contributed by atoms with Crippen LogP contribution in [0.2, 0.25) is 18.1 Å². The van der Waals surface area contributed by atoms with Crippen LogP contribution >= 0.6 is 34.8 Å². The Morgan fingerprint density at radius 1 is 0.926 bits per heavy atom. The molecular weight excluding hydrogens is 773 g/mol. The lowest BCUT2D eigenvalue weighted by Crippen LogP contribution is -2.65. The third-order valence-electron chi connectivity index (χ3n) is 11.8. The van der Waals surface area contributed by atoms with Crippen molar-refractivity contribution in [3.05, 3.63) is 71.8 Å². The quantitative estimate of drug-likeness (QED) is 0.156. The number of halogens is 3. The van der Waals surface area contributed by atoms with E-state index in [2.05, 4.69) is 53.0 Å². The number of nitrogens with one attached hydrogen (secondary N) is 1. The summed E-state index contributed by atoms with van der Waals surface area (Å²) < 4.78 is 50.5. The molecule has 3 saturated heterocycles. The molecule has 0 bridgehead atoms. The fraction of sp³-hybridized carbons (Fsp3) is 0.675. The monoisotopic (exact) mass is 829 g/mol. The van der Waals surface area contributed by atoms with E-state index in [1.54, 1.807) is 0 Å². The molecule has 2 aromatic rings. The van der Waals surface area contributed by atoms with Crippen LogP contribution in [0.5, 0.6) is 0 Å². The normalized spacial score (nSPS) is 32.2. The first-order chi connectivity index (χ1) is 25.4. The van der Waals surface area contributed by atoms with Crippen LogP contribution in [0.15, 0.2) is 60.7 Å². The molecule has 0 saturated carbocycles. The third-order valence-corrected chi connectivity index (χ3v) is 16.7. The molecule has 5 unspecified atom stereocenters. The maximum atomic E-state index is 13.2. The second-order valence-corrected chi connectivity index (χ2v) is 23.2. The number of ether oxygens (including phenoxy) is 7. The fourth-order valence-corrected chi connectivity index (χ4v) is 9.93. The molecule has 0 spiro atoms. The number of carbonyl (C=O) groups is 1. The summed E-state index contributed by atoms with van der Waals surface area (Å²) in [4.78, 5) is 13.2. The van der Waals surface area contributed by atoms with Crippen molar-refractivity contribution in [2.45, 2.75) is 139 Å². The van der Waals surface area contributed by atoms with Crippen LogP contribution in [0.1, 0.15) is 72.3 Å². The minimum Gasteiger partial charge on any atom is -0.445 e. The van der Waals surface area contributed by atoms with Gasteiger partial charge in [-0.1, -0.05) is 144 Å². The molecule has 3 aliphatic heterocycles. The number of amides is 1. The van der Waals surface area contributed by atoms with Crippen molar-refractivity contribution in [3.8, 4) is 0 Å². The highest BCUT2D eigenvalue weighted by Crippen LogP contribution is 2.47. The highest BCUT2D eigenvalue weighted by Gasteiger charge is 2.54. The molecule has 0 aromatic heterocycles. The minimum atomic E-state index is -2.47. The molecular formula is C40H58Cl3NO9Si. The molecule has 0 aliphatic carbocycles. The van der Waals surface area contributed by atoms with Crippen molar-refractivity contribution >= 4 is 49.2 Å². The van der Waals surface area contributed by atoms with Crippen LogP contribution < -0.4 is 5.32 Å². The van der Waals surface area contributed by atoms with Gasteiger partial charge in [0.2, 0.25) is 3.79 Å². The average Bonchev–Trinajstić information content (AvgIpc) is 3.13. The van der Waals surface area contributed by atoms with Crippen LogP contribution in [0.4, 0.5) is 4.79 Å². The van der Waals surface area contributed by atoms with Crippen LogP contribution in [0.3, 0.4) is 0 Å². The van der Waals surface area contributed by atoms with Gasteiger partial charge in [-0.2, -0.15) is 0 Å². The zero-order valence-corrected chi connectivity index (χ0v) is 36.1. The summed E-state index contributed by atoms with van der Waals surface area (Å²) in [6.07, 6.45) is -4.46. The number of rotatable bonds is 13. The molecule has 10 nitrogen and oxygen atoms in total. The van der Waals surface area contributed by atoms with E-state index in [9.17, 15) is 4.79 Å². The van der Waals surface area contributed by atoms with Crippen LogP contribution in [0, 0.1) is 17.8 Å². The van der Waals surface area contributed by atoms with Crippen molar-refractivity contribution in [1.29, 1.82) is 0 Å². The van der Waals surface area contributed by atoms with Gasteiger partial charge in [-0.15, -0.1) is 0 Å². The van der Waals surface area contributed by atoms with E-state index >= 15 is 0 Å². The molecule has 3 fully saturated rings. The van der Waals surface area contributed by atoms with Crippen molar-refractivity contribution in [1.82, 2.24) is 5.32 Å². The molecule has 1 N–H and O–H groups in total. The number of alkyl halides is 3. The Kier molecular flexibility index (Phi) is 14.9. The highest BCUT2D eigenvalue weighted by atomic mass is 35.6. The molecule has 0 radical (unpaired) electrons. The van der Waals surface area contributed by atoms with Gasteiger partial charge in [-0.25, -0.2) is 4.79 Å². The molecule has 3 heterocycles. The zero-order valence-electron chi connectivity index (χ0n) is 32.8. The van der Waals surface area contributed by atoms with Crippen LogP contribution in [-0.4, -0.2) is 80.6 Å². The molecule has 3 aliphatic rings. The Hall–Kier alpha value is -1.48. The summed E-state index contributed by atoms with van der Waals surface area (Å²) in [6, 6.07) is 19.2. The van der Waals surface area contributed by atoms with E-state index in [1.165, 1.54) is 0 Å². The van der Waals surface area contributed by atoms with Crippen LogP contribution in [-0.2, 0) is 44.2 Å². The lowest BCUT2D eigenvalue weighted by atomic mass is 9.86. The summed E-state index contributed by atoms with van der Waals surface area (Å²) in [5.41, 5.74) is 1.96. The highest BCUT2D eigenvalue weighted by molar-refractivity contribution is 6.74. The molecule has 2 aromatic carbocycles. The standard InChI is InChI=1S/C40H58Cl3NO9Si/c1-10-29-32(25(4)31(44-38(45)48-23-40(41,42)43)36(49-29)53-54(8,9)39(6,7)24(2)3)52-37-34(46-21-27-17-13-11-14-18-27)26(5)33-30(50-37)22-47-35(51-33)28-19-15-12-16-20-28/h11-20,24-26,29-37H,10,21-23H2,1-9H3,(H,44,45)/t25-,26+,29?,30?,31?,32+,33+,34?,35?,36+,37+/m1/s1. The first-order valence-electron chi connectivity index (χ1n) is 19.0. The average molecular weight is 831 g/mol. The Labute approximate surface area is 337 Å². The first kappa shape index (κ1) is 43.6. The minimum absolute atomic E-state index is 0.120. The van der Waals surface area contributed by atoms with Gasteiger partial charge in [0.25, 0.3) is 0 Å². The topological polar surface area (TPSA) is 103 Å². The Morgan fingerprint density at radius 3 is 2.19 bits per heavy atom. The maximum Gasteiger partial charge on any atom is 0.407 e. The van der Waals surface area contributed by atoms with Crippen molar-refractivity contribution in [3.63, 3.8) is 0 Å². The third kappa shape index (κ3) is 10.5. The molecule has 5 rings (SSSR count). The zero-order chi connectivity index (χ0) is 39.4. The van der Waals surface area contributed by atoms with Gasteiger partial charge in [-0.3, -0.25) is 0 Å². The van der Waals surface area contributed by atoms with E-state index in [0.29, 0.717) is 25.6 Å². The largest absolute Gasteiger partial charge is 0.445 e. The number of benzene rings is 2. The van der Waals surface area contributed by atoms with Gasteiger partial charge in [0.05, 0.1) is 37.6 Å². The maximum absolute atomic E-state index is 13.2. The fourth-order valence-electron chi connectivity index (χ4n) is 7.29. The van der Waals surface area contributed by atoms with Crippen molar-refractivity contribution in [2.75, 3.05) is 13.2 Å². The Bertz CT molecular complexity index is 1480. The van der Waals surface area contributed by atoms with Gasteiger partial charge in [0.15, 0.2) is 27.2 Å². The van der Waals surface area contributed by atoms with Gasteiger partial charge >= 0.3 is 6.09 Å². The molecule has 1 amide bonds. The molecule has 11 atom stereocenters. The smallest absolute Gasteiger partial charge is 0.407 e. The predicted molar refractivity (Wildman–Crippen MR) is 212 cm³/mol. The molecule has 14 heteroatoms. The second kappa shape index (κ2) is 18.4. The number of hydrogen-bond acceptors (Lipinski definition) is 9. The van der Waals surface area contributed by atoms with E-state index in [1.807, 2.05) is 74.5 Å². The summed E-state index contributed by atoms with van der Waals surface area (Å²) >= 11 is 17.7. The number of hydrogen-bond donors (Lipinski definition) is 1. The lowest BCUT2D eigenvalue weighted by molar-refractivity contribution is -0.374. The molecule has 302 valence electrons. The summed E-state index contributed by atoms with van der Waals surface area (Å²) in [7, 11) is -2.47. The SMILES string of the molecule is CCC1O[C@@H](O[Si](C)(C)C(C)(C)C(C)C)C(NC(=O)OCC(Cl)(Cl)Cl)[C@@H](C)[C@@H]1O[C@@H]1OC2COC(c3ccccc3)O[C@H]2[C@H](C)C1OCc1ccccc1. The number of fused-ring (bicyclic) bond motifs is 1. The van der Waals surface area contributed by atoms with Gasteiger partial charge in [-0.05, 0) is 36.0 Å². The molecule has 54 heavy (non-hydrogen) atoms. The van der Waals surface area contributed by atoms with Crippen molar-refractivity contribution in [2.24, 2.45) is 17.8 Å². The Morgan fingerprint density at radius 2 is 1.57 bits per heavy atom. The lowest BCUT2D eigenvalue weighted by Gasteiger charge is -2.52. The summed E-state index contributed by atoms with van der Waals surface area (Å²) in [5.74, 6) is -0.134. The number of alkyl carbamates (subject to hydrolysis) is 1. The number of carbonyl (C=O) groups excluding carboxylic acids is 1. The summed E-state index contributed by atoms with van der Waals surface area (Å²) in [5, 5.41) is 2.86. The summed E-state index contributed by atoms with van der Waals surface area (Å²) in [6.45, 7) is 19.6. The van der Waals surface area contributed by atoms with E-state index in [4.69, 9.17) is 72.4 Å². The predicted octanol–water partition coefficient (Wildman–Crippen LogP) is 9.33. The van der Waals surface area contributed by atoms with Crippen LogP contribution in [0.25, 0.3) is 0 Å². The Balaban J connectivity index is 1.42. The van der Waals surface area contributed by atoms with Gasteiger partial charge in [0.1, 0.15) is 18.8 Å². The van der Waals surface area contributed by atoms with E-state index in [0.717, 1.165) is 11.1 Å². The second-order valence-electron chi connectivity index (χ2n) is 16.1. The van der Waals surface area contributed by atoms with Crippen molar-refractivity contribution < 1.29 is 42.4 Å². The first-order valence-corrected chi connectivity index (χ1v) is 23.1. The van der Waals surface area contributed by atoms with Gasteiger partial charge in [0, 0.05) is 17.4 Å². The van der Waals surface area contributed by atoms with Gasteiger partial charge < -0.3 is 42.9 Å². The van der Waals surface area contributed by atoms with E-state index in [-0.39, 0.29) is 23.0 Å².